The molecule has 2 fully saturated rings. The molecule has 2 saturated heterocycles. The number of benzene rings is 1. The Balaban J connectivity index is 1.46. The van der Waals surface area contributed by atoms with E-state index in [1.807, 2.05) is 4.90 Å². The average molecular weight is 306 g/mol. The second kappa shape index (κ2) is 7.09. The highest BCUT2D eigenvalue weighted by Crippen LogP contribution is 2.19. The minimum absolute atomic E-state index is 0.0379. The van der Waals surface area contributed by atoms with E-state index in [2.05, 4.69) is 4.90 Å². The highest BCUT2D eigenvalue weighted by atomic mass is 19.1. The molecular formula is C17H23FN2O2. The van der Waals surface area contributed by atoms with Crippen LogP contribution in [0, 0.1) is 5.82 Å². The zero-order chi connectivity index (χ0) is 15.4. The summed E-state index contributed by atoms with van der Waals surface area (Å²) in [5.74, 6) is 0.507. The molecule has 2 heterocycles. The molecule has 0 spiro atoms. The third kappa shape index (κ3) is 3.97. The number of halogens is 1. The molecule has 3 rings (SSSR count). The van der Waals surface area contributed by atoms with E-state index in [9.17, 15) is 9.18 Å². The first kappa shape index (κ1) is 15.3. The fourth-order valence-corrected chi connectivity index (χ4v) is 3.20. The summed E-state index contributed by atoms with van der Waals surface area (Å²) in [7, 11) is 0. The van der Waals surface area contributed by atoms with Gasteiger partial charge in [-0.25, -0.2) is 4.39 Å². The molecule has 1 atom stereocenters. The minimum atomic E-state index is -0.285. The molecule has 4 nitrogen and oxygen atoms in total. The number of hydrogen-bond donors (Lipinski definition) is 0. The molecule has 2 aliphatic rings. The summed E-state index contributed by atoms with van der Waals surface area (Å²) >= 11 is 0. The smallest absolute Gasteiger partial charge is 0.236 e. The topological polar surface area (TPSA) is 32.8 Å². The van der Waals surface area contributed by atoms with Crippen molar-refractivity contribution in [2.45, 2.75) is 31.8 Å². The maximum absolute atomic E-state index is 13.2. The van der Waals surface area contributed by atoms with Crippen LogP contribution in [0.4, 0.5) is 4.39 Å². The Morgan fingerprint density at radius 1 is 1.23 bits per heavy atom. The molecule has 0 radical (unpaired) electrons. The van der Waals surface area contributed by atoms with E-state index in [4.69, 9.17) is 4.74 Å². The fraction of sp³-hybridized carbons (Fsp3) is 0.588. The minimum Gasteiger partial charge on any atom is -0.489 e. The van der Waals surface area contributed by atoms with Gasteiger partial charge in [-0.15, -0.1) is 0 Å². The Labute approximate surface area is 130 Å². The van der Waals surface area contributed by atoms with Crippen LogP contribution in [-0.4, -0.2) is 54.5 Å². The highest BCUT2D eigenvalue weighted by Gasteiger charge is 2.27. The second-order valence-corrected chi connectivity index (χ2v) is 6.16. The van der Waals surface area contributed by atoms with E-state index in [1.54, 1.807) is 12.1 Å². The van der Waals surface area contributed by atoms with Gasteiger partial charge in [0, 0.05) is 32.2 Å². The lowest BCUT2D eigenvalue weighted by Gasteiger charge is -2.28. The molecule has 120 valence electrons. The van der Waals surface area contributed by atoms with Gasteiger partial charge in [0.25, 0.3) is 0 Å². The van der Waals surface area contributed by atoms with Gasteiger partial charge in [-0.05, 0) is 37.8 Å². The highest BCUT2D eigenvalue weighted by molar-refractivity contribution is 5.78. The molecule has 0 aliphatic carbocycles. The molecule has 5 heteroatoms. The van der Waals surface area contributed by atoms with E-state index < -0.39 is 0 Å². The number of carbonyl (C=O) groups excluding carboxylic acids is 1. The lowest BCUT2D eigenvalue weighted by molar-refractivity contribution is -0.133. The predicted octanol–water partition coefficient (Wildman–Crippen LogP) is 2.29. The van der Waals surface area contributed by atoms with E-state index in [0.717, 1.165) is 45.4 Å². The number of amides is 1. The number of hydrogen-bond acceptors (Lipinski definition) is 3. The molecule has 0 bridgehead atoms. The van der Waals surface area contributed by atoms with Crippen LogP contribution >= 0.6 is 0 Å². The van der Waals surface area contributed by atoms with Gasteiger partial charge in [-0.3, -0.25) is 9.69 Å². The molecule has 0 aromatic heterocycles. The third-order valence-corrected chi connectivity index (χ3v) is 4.40. The molecule has 1 aromatic rings. The normalized spacial score (nSPS) is 22.8. The summed E-state index contributed by atoms with van der Waals surface area (Å²) in [6, 6.07) is 6.23. The molecule has 0 saturated carbocycles. The summed E-state index contributed by atoms with van der Waals surface area (Å²) in [4.78, 5) is 16.4. The summed E-state index contributed by atoms with van der Waals surface area (Å²) in [5.41, 5.74) is 0. The number of rotatable bonds is 4. The van der Waals surface area contributed by atoms with E-state index in [0.29, 0.717) is 12.3 Å². The van der Waals surface area contributed by atoms with E-state index in [-0.39, 0.29) is 17.8 Å². The standard InChI is InChI=1S/C17H23FN2O2/c18-14-5-4-6-15(11-14)22-16-7-10-19(12-16)13-17(21)20-8-2-1-3-9-20/h4-6,11,16H,1-3,7-10,12-13H2. The first-order chi connectivity index (χ1) is 10.7. The quantitative estimate of drug-likeness (QED) is 0.855. The Morgan fingerprint density at radius 2 is 2.05 bits per heavy atom. The van der Waals surface area contributed by atoms with E-state index >= 15 is 0 Å². The predicted molar refractivity (Wildman–Crippen MR) is 82.3 cm³/mol. The summed E-state index contributed by atoms with van der Waals surface area (Å²) in [6.07, 6.45) is 4.39. The Morgan fingerprint density at radius 3 is 2.82 bits per heavy atom. The van der Waals surface area contributed by atoms with Crippen molar-refractivity contribution in [3.63, 3.8) is 0 Å². The van der Waals surface area contributed by atoms with Crippen LogP contribution in [-0.2, 0) is 4.79 Å². The van der Waals surface area contributed by atoms with Crippen molar-refractivity contribution in [1.82, 2.24) is 9.80 Å². The van der Waals surface area contributed by atoms with Crippen molar-refractivity contribution in [2.75, 3.05) is 32.7 Å². The van der Waals surface area contributed by atoms with Gasteiger partial charge in [0.15, 0.2) is 0 Å². The van der Waals surface area contributed by atoms with Crippen molar-refractivity contribution in [1.29, 1.82) is 0 Å². The monoisotopic (exact) mass is 306 g/mol. The Hall–Kier alpha value is -1.62. The van der Waals surface area contributed by atoms with Gasteiger partial charge < -0.3 is 9.64 Å². The van der Waals surface area contributed by atoms with Crippen LogP contribution in [0.25, 0.3) is 0 Å². The molecule has 2 aliphatic heterocycles. The number of ether oxygens (including phenoxy) is 1. The van der Waals surface area contributed by atoms with Gasteiger partial charge >= 0.3 is 0 Å². The van der Waals surface area contributed by atoms with Crippen LogP contribution in [0.5, 0.6) is 5.75 Å². The number of nitrogens with zero attached hydrogens (tertiary/aromatic N) is 2. The summed E-state index contributed by atoms with van der Waals surface area (Å²) in [5, 5.41) is 0. The van der Waals surface area contributed by atoms with Gasteiger partial charge in [0.05, 0.1) is 6.54 Å². The number of piperidine rings is 1. The largest absolute Gasteiger partial charge is 0.489 e. The van der Waals surface area contributed by atoms with Crippen molar-refractivity contribution in [3.05, 3.63) is 30.1 Å². The van der Waals surface area contributed by atoms with Crippen molar-refractivity contribution >= 4 is 5.91 Å². The van der Waals surface area contributed by atoms with Gasteiger partial charge in [0.2, 0.25) is 5.91 Å². The molecule has 22 heavy (non-hydrogen) atoms. The molecular weight excluding hydrogens is 283 g/mol. The maximum atomic E-state index is 13.2. The van der Waals surface area contributed by atoms with Crippen molar-refractivity contribution < 1.29 is 13.9 Å². The van der Waals surface area contributed by atoms with Crippen molar-refractivity contribution in [2.24, 2.45) is 0 Å². The second-order valence-electron chi connectivity index (χ2n) is 6.16. The Kier molecular flexibility index (Phi) is 4.93. The molecule has 1 amide bonds. The maximum Gasteiger partial charge on any atom is 0.236 e. The molecule has 1 unspecified atom stereocenters. The fourth-order valence-electron chi connectivity index (χ4n) is 3.20. The van der Waals surface area contributed by atoms with Crippen LogP contribution in [0.15, 0.2) is 24.3 Å². The lowest BCUT2D eigenvalue weighted by atomic mass is 10.1. The van der Waals surface area contributed by atoms with Crippen LogP contribution in [0.2, 0.25) is 0 Å². The van der Waals surface area contributed by atoms with Gasteiger partial charge in [0.1, 0.15) is 17.7 Å². The summed E-state index contributed by atoms with van der Waals surface area (Å²) in [6.45, 7) is 3.87. The zero-order valence-electron chi connectivity index (χ0n) is 12.8. The van der Waals surface area contributed by atoms with Crippen LogP contribution < -0.4 is 4.74 Å². The van der Waals surface area contributed by atoms with Crippen LogP contribution in [0.3, 0.4) is 0 Å². The molecule has 1 aromatic carbocycles. The average Bonchev–Trinajstić information content (AvgIpc) is 2.95. The zero-order valence-corrected chi connectivity index (χ0v) is 12.8. The number of likely N-dealkylation sites (tertiary alicyclic amines) is 2. The SMILES string of the molecule is O=C(CN1CCC(Oc2cccc(F)c2)C1)N1CCCCC1. The lowest BCUT2D eigenvalue weighted by Crippen LogP contribution is -2.42. The van der Waals surface area contributed by atoms with Gasteiger partial charge in [-0.1, -0.05) is 6.07 Å². The van der Waals surface area contributed by atoms with Crippen LogP contribution in [0.1, 0.15) is 25.7 Å². The summed E-state index contributed by atoms with van der Waals surface area (Å²) < 4.78 is 19.0. The third-order valence-electron chi connectivity index (χ3n) is 4.40. The Bertz CT molecular complexity index is 517. The number of carbonyl (C=O) groups is 1. The van der Waals surface area contributed by atoms with Crippen molar-refractivity contribution in [3.8, 4) is 5.75 Å². The molecule has 0 N–H and O–H groups in total. The van der Waals surface area contributed by atoms with E-state index in [1.165, 1.54) is 18.6 Å². The first-order valence-electron chi connectivity index (χ1n) is 8.13. The first-order valence-corrected chi connectivity index (χ1v) is 8.13. The van der Waals surface area contributed by atoms with Gasteiger partial charge in [-0.2, -0.15) is 0 Å².